The lowest BCUT2D eigenvalue weighted by atomic mass is 10.2. The van der Waals surface area contributed by atoms with Crippen molar-refractivity contribution < 1.29 is 17.9 Å². The number of fused-ring (bicyclic) bond motifs is 1. The van der Waals surface area contributed by atoms with Crippen LogP contribution in [0.5, 0.6) is 17.2 Å². The molecule has 4 rings (SSSR count). The van der Waals surface area contributed by atoms with Crippen molar-refractivity contribution in [3.05, 3.63) is 75.7 Å². The highest BCUT2D eigenvalue weighted by atomic mass is 35.5. The molecular formula is C23H22ClN3O5S. The van der Waals surface area contributed by atoms with E-state index in [9.17, 15) is 13.2 Å². The standard InChI is InChI=1S/C23H22ClN3O5S/c1-14-5-10-17(11-18(14)24)33(29,30)25-19-12-20-21(27(3)23(28)26(20)2)13-22(19)32-16-8-6-15(31-4)7-9-16/h5-13,25H,1-4H3. The van der Waals surface area contributed by atoms with Crippen molar-refractivity contribution in [2.24, 2.45) is 14.1 Å². The van der Waals surface area contributed by atoms with Crippen molar-refractivity contribution in [2.45, 2.75) is 11.8 Å². The molecule has 0 unspecified atom stereocenters. The van der Waals surface area contributed by atoms with Crippen LogP contribution in [-0.2, 0) is 24.1 Å². The molecule has 1 aromatic heterocycles. The number of sulfonamides is 1. The van der Waals surface area contributed by atoms with Gasteiger partial charge in [0.1, 0.15) is 11.5 Å². The number of imidazole rings is 1. The molecule has 33 heavy (non-hydrogen) atoms. The molecule has 8 nitrogen and oxygen atoms in total. The van der Waals surface area contributed by atoms with Crippen LogP contribution >= 0.6 is 11.6 Å². The minimum absolute atomic E-state index is 0.00976. The second kappa shape index (κ2) is 8.49. The number of ether oxygens (including phenoxy) is 2. The van der Waals surface area contributed by atoms with E-state index in [1.165, 1.54) is 21.3 Å². The number of anilines is 1. The quantitative estimate of drug-likeness (QED) is 0.434. The minimum atomic E-state index is -3.99. The van der Waals surface area contributed by atoms with Crippen LogP contribution < -0.4 is 19.9 Å². The van der Waals surface area contributed by atoms with Gasteiger partial charge in [-0.15, -0.1) is 0 Å². The van der Waals surface area contributed by atoms with Crippen molar-refractivity contribution in [3.63, 3.8) is 0 Å². The first kappa shape index (κ1) is 22.8. The Balaban J connectivity index is 1.83. The monoisotopic (exact) mass is 487 g/mol. The summed E-state index contributed by atoms with van der Waals surface area (Å²) in [7, 11) is 0.825. The lowest BCUT2D eigenvalue weighted by Gasteiger charge is -2.15. The van der Waals surface area contributed by atoms with E-state index >= 15 is 0 Å². The Morgan fingerprint density at radius 1 is 0.909 bits per heavy atom. The Hall–Kier alpha value is -3.43. The van der Waals surface area contributed by atoms with Gasteiger partial charge in [0.25, 0.3) is 10.0 Å². The molecule has 0 saturated carbocycles. The van der Waals surface area contributed by atoms with Crippen LogP contribution in [0.3, 0.4) is 0 Å². The van der Waals surface area contributed by atoms with E-state index in [-0.39, 0.29) is 22.0 Å². The highest BCUT2D eigenvalue weighted by Crippen LogP contribution is 2.35. The number of rotatable bonds is 6. The average molecular weight is 488 g/mol. The van der Waals surface area contributed by atoms with Crippen LogP contribution in [0.15, 0.2) is 64.3 Å². The van der Waals surface area contributed by atoms with Gasteiger partial charge < -0.3 is 9.47 Å². The van der Waals surface area contributed by atoms with Crippen molar-refractivity contribution in [1.82, 2.24) is 9.13 Å². The van der Waals surface area contributed by atoms with E-state index in [2.05, 4.69) is 4.72 Å². The van der Waals surface area contributed by atoms with Crippen LogP contribution in [0.25, 0.3) is 11.0 Å². The zero-order chi connectivity index (χ0) is 23.9. The summed E-state index contributed by atoms with van der Waals surface area (Å²) in [6.45, 7) is 1.79. The van der Waals surface area contributed by atoms with Crippen molar-refractivity contribution in [1.29, 1.82) is 0 Å². The number of benzene rings is 3. The van der Waals surface area contributed by atoms with Crippen molar-refractivity contribution in [2.75, 3.05) is 11.8 Å². The Morgan fingerprint density at radius 2 is 1.52 bits per heavy atom. The predicted molar refractivity (Wildman–Crippen MR) is 128 cm³/mol. The summed E-state index contributed by atoms with van der Waals surface area (Å²) in [6.07, 6.45) is 0. The smallest absolute Gasteiger partial charge is 0.328 e. The Labute approximate surface area is 196 Å². The summed E-state index contributed by atoms with van der Waals surface area (Å²) in [6, 6.07) is 14.6. The number of methoxy groups -OCH3 is 1. The number of nitrogens with one attached hydrogen (secondary N) is 1. The highest BCUT2D eigenvalue weighted by molar-refractivity contribution is 7.92. The van der Waals surface area contributed by atoms with Gasteiger partial charge in [-0.2, -0.15) is 0 Å². The molecule has 0 amide bonds. The van der Waals surface area contributed by atoms with Gasteiger partial charge >= 0.3 is 5.69 Å². The second-order valence-corrected chi connectivity index (χ2v) is 9.62. The molecule has 0 aliphatic rings. The Kier molecular flexibility index (Phi) is 5.85. The fourth-order valence-electron chi connectivity index (χ4n) is 3.41. The van der Waals surface area contributed by atoms with Gasteiger partial charge in [-0.3, -0.25) is 13.9 Å². The van der Waals surface area contributed by atoms with E-state index in [1.54, 1.807) is 70.6 Å². The number of aromatic nitrogens is 2. The normalized spacial score (nSPS) is 11.5. The highest BCUT2D eigenvalue weighted by Gasteiger charge is 2.21. The number of nitrogens with zero attached hydrogens (tertiary/aromatic N) is 2. The Bertz CT molecular complexity index is 1520. The molecule has 1 heterocycles. The summed E-state index contributed by atoms with van der Waals surface area (Å²) in [5, 5.41) is 0.341. The molecular weight excluding hydrogens is 466 g/mol. The topological polar surface area (TPSA) is 91.6 Å². The van der Waals surface area contributed by atoms with E-state index in [4.69, 9.17) is 21.1 Å². The third-order valence-electron chi connectivity index (χ3n) is 5.36. The third kappa shape index (κ3) is 4.29. The van der Waals surface area contributed by atoms with Gasteiger partial charge in [0.2, 0.25) is 0 Å². The van der Waals surface area contributed by atoms with Gasteiger partial charge in [-0.05, 0) is 55.0 Å². The first-order valence-corrected chi connectivity index (χ1v) is 11.8. The molecule has 0 spiro atoms. The third-order valence-corrected chi connectivity index (χ3v) is 7.13. The van der Waals surface area contributed by atoms with Crippen LogP contribution in [-0.4, -0.2) is 24.7 Å². The summed E-state index contributed by atoms with van der Waals surface area (Å²) in [4.78, 5) is 12.4. The fraction of sp³-hybridized carbons (Fsp3) is 0.174. The van der Waals surface area contributed by atoms with Crippen molar-refractivity contribution >= 4 is 38.3 Å². The van der Waals surface area contributed by atoms with E-state index in [0.717, 1.165) is 5.56 Å². The maximum Gasteiger partial charge on any atom is 0.328 e. The van der Waals surface area contributed by atoms with Crippen molar-refractivity contribution in [3.8, 4) is 17.2 Å². The largest absolute Gasteiger partial charge is 0.497 e. The molecule has 0 saturated heterocycles. The molecule has 4 aromatic rings. The van der Waals surface area contributed by atoms with Crippen LogP contribution in [0.4, 0.5) is 5.69 Å². The minimum Gasteiger partial charge on any atom is -0.497 e. The molecule has 3 aromatic carbocycles. The molecule has 1 N–H and O–H groups in total. The second-order valence-electron chi connectivity index (χ2n) is 7.53. The van der Waals surface area contributed by atoms with Gasteiger partial charge in [-0.25, -0.2) is 13.2 Å². The molecule has 0 aliphatic carbocycles. The number of aryl methyl sites for hydroxylation is 3. The SMILES string of the molecule is COc1ccc(Oc2cc3c(cc2NS(=O)(=O)c2ccc(C)c(Cl)c2)n(C)c(=O)n3C)cc1. The molecule has 0 radical (unpaired) electrons. The van der Waals surface area contributed by atoms with Crippen LogP contribution in [0.2, 0.25) is 5.02 Å². The predicted octanol–water partition coefficient (Wildman–Crippen LogP) is 4.44. The molecule has 10 heteroatoms. The fourth-order valence-corrected chi connectivity index (χ4v) is 4.74. The van der Waals surface area contributed by atoms with E-state index in [0.29, 0.717) is 27.6 Å². The van der Waals surface area contributed by atoms with Gasteiger partial charge in [0, 0.05) is 25.2 Å². The lowest BCUT2D eigenvalue weighted by Crippen LogP contribution is -2.19. The molecule has 0 aliphatic heterocycles. The number of halogens is 1. The first-order chi connectivity index (χ1) is 15.6. The summed E-state index contributed by atoms with van der Waals surface area (Å²) >= 11 is 6.14. The zero-order valence-electron chi connectivity index (χ0n) is 18.4. The lowest BCUT2D eigenvalue weighted by molar-refractivity contribution is 0.413. The summed E-state index contributed by atoms with van der Waals surface area (Å²) in [5.74, 6) is 1.35. The van der Waals surface area contributed by atoms with Gasteiger partial charge in [0.15, 0.2) is 5.75 Å². The maximum atomic E-state index is 13.1. The van der Waals surface area contributed by atoms with Gasteiger partial charge in [0.05, 0.1) is 28.7 Å². The van der Waals surface area contributed by atoms with E-state index in [1.807, 2.05) is 0 Å². The average Bonchev–Trinajstić information content (AvgIpc) is 2.99. The zero-order valence-corrected chi connectivity index (χ0v) is 20.0. The molecule has 0 fully saturated rings. The molecule has 172 valence electrons. The van der Waals surface area contributed by atoms with Crippen LogP contribution in [0.1, 0.15) is 5.56 Å². The first-order valence-electron chi connectivity index (χ1n) is 9.91. The number of hydrogen-bond donors (Lipinski definition) is 1. The Morgan fingerprint density at radius 3 is 2.12 bits per heavy atom. The summed E-state index contributed by atoms with van der Waals surface area (Å²) in [5.41, 5.74) is 1.83. The number of hydrogen-bond acceptors (Lipinski definition) is 5. The maximum absolute atomic E-state index is 13.1. The van der Waals surface area contributed by atoms with E-state index < -0.39 is 10.0 Å². The van der Waals surface area contributed by atoms with Gasteiger partial charge in [-0.1, -0.05) is 17.7 Å². The molecule has 0 atom stereocenters. The van der Waals surface area contributed by atoms with Crippen LogP contribution in [0, 0.1) is 6.92 Å². The molecule has 0 bridgehead atoms. The summed E-state index contributed by atoms with van der Waals surface area (Å²) < 4.78 is 42.9.